The Hall–Kier alpha value is -2.12. The SMILES string of the molecule is CCN1C(=O)C(=O)N(Cc2cc(Cl)cc3c2OCOC3)C1=O. The van der Waals surface area contributed by atoms with Crippen molar-refractivity contribution in [1.29, 1.82) is 0 Å². The lowest BCUT2D eigenvalue weighted by Gasteiger charge is -2.23. The lowest BCUT2D eigenvalue weighted by Crippen LogP contribution is -2.33. The summed E-state index contributed by atoms with van der Waals surface area (Å²) in [4.78, 5) is 37.6. The molecule has 3 rings (SSSR count). The number of hydrogen-bond acceptors (Lipinski definition) is 5. The molecule has 0 radical (unpaired) electrons. The van der Waals surface area contributed by atoms with E-state index in [0.717, 1.165) is 15.4 Å². The number of benzene rings is 1. The van der Waals surface area contributed by atoms with Crippen LogP contribution in [0.2, 0.25) is 5.02 Å². The first-order chi connectivity index (χ1) is 10.5. The minimum atomic E-state index is -0.840. The van der Waals surface area contributed by atoms with Crippen LogP contribution in [-0.4, -0.2) is 41.0 Å². The number of fused-ring (bicyclic) bond motifs is 1. The van der Waals surface area contributed by atoms with Crippen LogP contribution in [0.15, 0.2) is 12.1 Å². The molecule has 2 aliphatic rings. The molecule has 0 N–H and O–H groups in total. The van der Waals surface area contributed by atoms with Gasteiger partial charge >= 0.3 is 17.8 Å². The number of rotatable bonds is 3. The lowest BCUT2D eigenvalue weighted by atomic mass is 10.1. The van der Waals surface area contributed by atoms with Crippen molar-refractivity contribution in [3.8, 4) is 5.75 Å². The summed E-state index contributed by atoms with van der Waals surface area (Å²) in [6.45, 7) is 2.14. The lowest BCUT2D eigenvalue weighted by molar-refractivity contribution is -0.143. The monoisotopic (exact) mass is 324 g/mol. The van der Waals surface area contributed by atoms with Crippen LogP contribution in [0.1, 0.15) is 18.1 Å². The Labute approximate surface area is 131 Å². The van der Waals surface area contributed by atoms with Gasteiger partial charge in [0.25, 0.3) is 0 Å². The fourth-order valence-corrected chi connectivity index (χ4v) is 2.78. The maximum absolute atomic E-state index is 12.1. The molecule has 116 valence electrons. The highest BCUT2D eigenvalue weighted by molar-refractivity contribution is 6.44. The summed E-state index contributed by atoms with van der Waals surface area (Å²) in [6, 6.07) is 2.69. The Morgan fingerprint density at radius 2 is 1.91 bits per heavy atom. The average molecular weight is 325 g/mol. The first-order valence-corrected chi connectivity index (χ1v) is 7.10. The molecule has 0 bridgehead atoms. The van der Waals surface area contributed by atoms with E-state index in [-0.39, 0.29) is 19.9 Å². The first-order valence-electron chi connectivity index (χ1n) is 6.72. The van der Waals surface area contributed by atoms with Gasteiger partial charge in [-0.2, -0.15) is 0 Å². The molecule has 0 saturated carbocycles. The molecule has 22 heavy (non-hydrogen) atoms. The number of carbonyl (C=O) groups is 3. The molecule has 7 nitrogen and oxygen atoms in total. The predicted molar refractivity (Wildman–Crippen MR) is 75.1 cm³/mol. The minimum Gasteiger partial charge on any atom is -0.467 e. The molecule has 2 heterocycles. The van der Waals surface area contributed by atoms with Gasteiger partial charge in [-0.05, 0) is 19.1 Å². The van der Waals surface area contributed by atoms with Crippen molar-refractivity contribution >= 4 is 29.4 Å². The average Bonchev–Trinajstić information content (AvgIpc) is 2.70. The number of hydrogen-bond donors (Lipinski definition) is 0. The van der Waals surface area contributed by atoms with Crippen molar-refractivity contribution in [1.82, 2.24) is 9.80 Å². The molecular weight excluding hydrogens is 312 g/mol. The van der Waals surface area contributed by atoms with E-state index in [2.05, 4.69) is 0 Å². The van der Waals surface area contributed by atoms with E-state index in [4.69, 9.17) is 21.1 Å². The van der Waals surface area contributed by atoms with Crippen molar-refractivity contribution in [3.05, 3.63) is 28.3 Å². The summed E-state index contributed by atoms with van der Waals surface area (Å²) in [5.41, 5.74) is 1.31. The Balaban J connectivity index is 1.94. The molecule has 1 fully saturated rings. The van der Waals surface area contributed by atoms with Crippen molar-refractivity contribution in [2.24, 2.45) is 0 Å². The molecule has 0 atom stereocenters. The fraction of sp³-hybridized carbons (Fsp3) is 0.357. The van der Waals surface area contributed by atoms with Gasteiger partial charge in [-0.15, -0.1) is 0 Å². The minimum absolute atomic E-state index is 0.0667. The van der Waals surface area contributed by atoms with Gasteiger partial charge in [0, 0.05) is 22.7 Å². The van der Waals surface area contributed by atoms with Crippen LogP contribution in [0.4, 0.5) is 4.79 Å². The summed E-state index contributed by atoms with van der Waals surface area (Å²) in [5, 5.41) is 0.445. The van der Waals surface area contributed by atoms with Crippen LogP contribution in [0.3, 0.4) is 0 Å². The highest BCUT2D eigenvalue weighted by Gasteiger charge is 2.43. The Bertz CT molecular complexity index is 675. The summed E-state index contributed by atoms with van der Waals surface area (Å²) in [6.07, 6.45) is 0. The van der Waals surface area contributed by atoms with Gasteiger partial charge in [0.2, 0.25) is 0 Å². The second kappa shape index (κ2) is 5.58. The summed E-state index contributed by atoms with van der Waals surface area (Å²) in [5.74, 6) is -1.11. The zero-order valence-electron chi connectivity index (χ0n) is 11.8. The number of ether oxygens (including phenoxy) is 2. The Morgan fingerprint density at radius 1 is 1.18 bits per heavy atom. The van der Waals surface area contributed by atoms with Gasteiger partial charge in [-0.25, -0.2) is 4.79 Å². The van der Waals surface area contributed by atoms with Crippen LogP contribution in [0.25, 0.3) is 0 Å². The molecule has 4 amide bonds. The molecule has 1 aromatic rings. The zero-order valence-corrected chi connectivity index (χ0v) is 12.6. The number of imide groups is 2. The predicted octanol–water partition coefficient (Wildman–Crippen LogP) is 1.52. The smallest absolute Gasteiger partial charge is 0.334 e. The standard InChI is InChI=1S/C14H13ClN2O5/c1-2-16-12(18)13(19)17(14(16)20)5-8-3-10(15)4-9-6-21-7-22-11(8)9/h3-4H,2,5-7H2,1H3. The van der Waals surface area contributed by atoms with Crippen LogP contribution in [-0.2, 0) is 27.5 Å². The molecule has 2 aliphatic heterocycles. The topological polar surface area (TPSA) is 76.2 Å². The summed E-state index contributed by atoms with van der Waals surface area (Å²) < 4.78 is 10.6. The van der Waals surface area contributed by atoms with Gasteiger partial charge in [0.15, 0.2) is 6.79 Å². The first kappa shape index (κ1) is 14.8. The molecule has 1 saturated heterocycles. The number of nitrogens with zero attached hydrogens (tertiary/aromatic N) is 2. The van der Waals surface area contributed by atoms with Crippen molar-refractivity contribution in [3.63, 3.8) is 0 Å². The van der Waals surface area contributed by atoms with Gasteiger partial charge in [0.1, 0.15) is 5.75 Å². The number of carbonyl (C=O) groups excluding carboxylic acids is 3. The van der Waals surface area contributed by atoms with E-state index in [1.807, 2.05) is 0 Å². The maximum atomic E-state index is 12.1. The third-order valence-electron chi connectivity index (χ3n) is 3.53. The molecule has 0 spiro atoms. The molecule has 0 unspecified atom stereocenters. The summed E-state index contributed by atoms with van der Waals surface area (Å²) >= 11 is 6.05. The zero-order chi connectivity index (χ0) is 15.9. The maximum Gasteiger partial charge on any atom is 0.334 e. The van der Waals surface area contributed by atoms with E-state index >= 15 is 0 Å². The van der Waals surface area contributed by atoms with Crippen LogP contribution >= 0.6 is 11.6 Å². The third-order valence-corrected chi connectivity index (χ3v) is 3.75. The largest absolute Gasteiger partial charge is 0.467 e. The van der Waals surface area contributed by atoms with Crippen LogP contribution in [0.5, 0.6) is 5.75 Å². The van der Waals surface area contributed by atoms with Gasteiger partial charge < -0.3 is 9.47 Å². The second-order valence-corrected chi connectivity index (χ2v) is 5.32. The highest BCUT2D eigenvalue weighted by Crippen LogP contribution is 2.33. The molecule has 0 aromatic heterocycles. The van der Waals surface area contributed by atoms with E-state index in [0.29, 0.717) is 22.9 Å². The second-order valence-electron chi connectivity index (χ2n) is 4.89. The van der Waals surface area contributed by atoms with Crippen molar-refractivity contribution < 1.29 is 23.9 Å². The van der Waals surface area contributed by atoms with E-state index in [1.165, 1.54) is 0 Å². The Kier molecular flexibility index (Phi) is 3.76. The molecule has 0 aliphatic carbocycles. The number of amides is 4. The molecule has 8 heteroatoms. The van der Waals surface area contributed by atoms with Gasteiger partial charge in [0.05, 0.1) is 13.2 Å². The normalized spacial score (nSPS) is 17.8. The van der Waals surface area contributed by atoms with E-state index < -0.39 is 17.8 Å². The number of likely N-dealkylation sites (N-methyl/N-ethyl adjacent to an activating group) is 1. The van der Waals surface area contributed by atoms with Gasteiger partial charge in [-0.1, -0.05) is 11.6 Å². The third kappa shape index (κ3) is 2.32. The van der Waals surface area contributed by atoms with Crippen molar-refractivity contribution in [2.45, 2.75) is 20.1 Å². The van der Waals surface area contributed by atoms with Crippen molar-refractivity contribution in [2.75, 3.05) is 13.3 Å². The fourth-order valence-electron chi connectivity index (χ4n) is 2.51. The highest BCUT2D eigenvalue weighted by atomic mass is 35.5. The van der Waals surface area contributed by atoms with E-state index in [1.54, 1.807) is 19.1 Å². The molecule has 1 aromatic carbocycles. The van der Waals surface area contributed by atoms with E-state index in [9.17, 15) is 14.4 Å². The number of halogens is 1. The van der Waals surface area contributed by atoms with Crippen LogP contribution < -0.4 is 4.74 Å². The summed E-state index contributed by atoms with van der Waals surface area (Å²) in [7, 11) is 0. The molecular formula is C14H13ClN2O5. The van der Waals surface area contributed by atoms with Gasteiger partial charge in [-0.3, -0.25) is 19.4 Å². The Morgan fingerprint density at radius 3 is 2.59 bits per heavy atom. The number of urea groups is 1. The quantitative estimate of drug-likeness (QED) is 0.622. The van der Waals surface area contributed by atoms with Crippen LogP contribution in [0, 0.1) is 0 Å².